The zero-order valence-electron chi connectivity index (χ0n) is 19.4. The number of anilines is 2. The lowest BCUT2D eigenvalue weighted by molar-refractivity contribution is -0.177. The topological polar surface area (TPSA) is 135 Å². The standard InChI is InChI=1S/C24H27F3N6O3/c25-24(26,27)15-5-16(28)10-33(9-15)18-1-2-30-7-14(18)4-19(35)21-22-20(36-23(21)29)3-13(6-31-22)8-32-11-17(34)12-32/h1-3,6-7,15-17,34H,4-5,8-12,28-29H2/t15-,16+/m1/s1. The summed E-state index contributed by atoms with van der Waals surface area (Å²) in [4.78, 5) is 25.4. The van der Waals surface area contributed by atoms with E-state index in [0.29, 0.717) is 42.0 Å². The van der Waals surface area contributed by atoms with Gasteiger partial charge in [-0.2, -0.15) is 13.2 Å². The van der Waals surface area contributed by atoms with E-state index >= 15 is 0 Å². The highest BCUT2D eigenvalue weighted by Gasteiger charge is 2.44. The number of likely N-dealkylation sites (tertiary alicyclic amines) is 1. The summed E-state index contributed by atoms with van der Waals surface area (Å²) in [5.41, 5.74) is 14.6. The molecule has 2 fully saturated rings. The van der Waals surface area contributed by atoms with Crippen molar-refractivity contribution in [3.8, 4) is 0 Å². The first kappa shape index (κ1) is 24.5. The summed E-state index contributed by atoms with van der Waals surface area (Å²) in [6, 6.07) is 2.72. The molecule has 0 radical (unpaired) electrons. The number of pyridine rings is 2. The number of alkyl halides is 3. The Kier molecular flexibility index (Phi) is 6.35. The van der Waals surface area contributed by atoms with E-state index in [4.69, 9.17) is 15.9 Å². The number of ketones is 1. The van der Waals surface area contributed by atoms with E-state index in [1.165, 1.54) is 12.4 Å². The van der Waals surface area contributed by atoms with Crippen LogP contribution in [0, 0.1) is 5.92 Å². The number of hydrogen-bond donors (Lipinski definition) is 3. The third-order valence-corrected chi connectivity index (χ3v) is 6.75. The zero-order valence-corrected chi connectivity index (χ0v) is 19.4. The van der Waals surface area contributed by atoms with Crippen LogP contribution in [0.1, 0.15) is 27.9 Å². The van der Waals surface area contributed by atoms with Crippen molar-refractivity contribution in [1.29, 1.82) is 0 Å². The van der Waals surface area contributed by atoms with Gasteiger partial charge in [0.25, 0.3) is 0 Å². The maximum atomic E-state index is 13.4. The molecule has 0 aromatic carbocycles. The molecule has 2 aliphatic heterocycles. The molecule has 0 saturated carbocycles. The number of nitrogens with two attached hydrogens (primary N) is 2. The highest BCUT2D eigenvalue weighted by Crippen LogP contribution is 2.36. The normalized spacial score (nSPS) is 21.6. The van der Waals surface area contributed by atoms with Gasteiger partial charge in [-0.3, -0.25) is 19.7 Å². The summed E-state index contributed by atoms with van der Waals surface area (Å²) in [6.07, 6.45) is -0.357. The van der Waals surface area contributed by atoms with Crippen molar-refractivity contribution < 1.29 is 27.5 Å². The van der Waals surface area contributed by atoms with Gasteiger partial charge in [-0.1, -0.05) is 0 Å². The van der Waals surface area contributed by atoms with E-state index in [0.717, 1.165) is 5.56 Å². The summed E-state index contributed by atoms with van der Waals surface area (Å²) in [6.45, 7) is 1.76. The molecule has 0 spiro atoms. The van der Waals surface area contributed by atoms with E-state index in [2.05, 4.69) is 9.97 Å². The van der Waals surface area contributed by atoms with Crippen LogP contribution in [0.3, 0.4) is 0 Å². The number of aromatic nitrogens is 2. The van der Waals surface area contributed by atoms with Gasteiger partial charge in [0.15, 0.2) is 11.4 Å². The maximum absolute atomic E-state index is 13.4. The van der Waals surface area contributed by atoms with E-state index < -0.39 is 18.1 Å². The predicted molar refractivity (Wildman–Crippen MR) is 126 cm³/mol. The van der Waals surface area contributed by atoms with Gasteiger partial charge >= 0.3 is 6.18 Å². The van der Waals surface area contributed by atoms with Gasteiger partial charge in [0, 0.05) is 75.0 Å². The van der Waals surface area contributed by atoms with E-state index in [-0.39, 0.29) is 49.3 Å². The molecule has 3 aromatic rings. The number of aliphatic hydroxyl groups is 1. The van der Waals surface area contributed by atoms with Crippen LogP contribution >= 0.6 is 0 Å². The summed E-state index contributed by atoms with van der Waals surface area (Å²) < 4.78 is 45.9. The van der Waals surface area contributed by atoms with Crippen molar-refractivity contribution in [2.24, 2.45) is 11.7 Å². The number of furan rings is 1. The van der Waals surface area contributed by atoms with Crippen molar-refractivity contribution in [2.75, 3.05) is 36.8 Å². The second-order valence-electron chi connectivity index (χ2n) is 9.62. The first-order chi connectivity index (χ1) is 17.1. The van der Waals surface area contributed by atoms with Crippen LogP contribution < -0.4 is 16.4 Å². The molecular weight excluding hydrogens is 477 g/mol. The van der Waals surface area contributed by atoms with Crippen molar-refractivity contribution in [3.05, 3.63) is 47.4 Å². The number of carbonyl (C=O) groups is 1. The summed E-state index contributed by atoms with van der Waals surface area (Å²) in [5, 5.41) is 9.46. The summed E-state index contributed by atoms with van der Waals surface area (Å²) in [7, 11) is 0. The molecule has 12 heteroatoms. The lowest BCUT2D eigenvalue weighted by Gasteiger charge is -2.39. The Morgan fingerprint density at radius 1 is 1.22 bits per heavy atom. The Bertz CT molecular complexity index is 1270. The van der Waals surface area contributed by atoms with Crippen LogP contribution in [-0.4, -0.2) is 70.3 Å². The molecule has 36 heavy (non-hydrogen) atoms. The van der Waals surface area contributed by atoms with Crippen LogP contribution in [0.2, 0.25) is 0 Å². The zero-order chi connectivity index (χ0) is 25.6. The van der Waals surface area contributed by atoms with Gasteiger partial charge in [-0.05, 0) is 24.1 Å². The van der Waals surface area contributed by atoms with Gasteiger partial charge in [-0.25, -0.2) is 0 Å². The number of aliphatic hydroxyl groups excluding tert-OH is 1. The minimum Gasteiger partial charge on any atom is -0.438 e. The second kappa shape index (κ2) is 9.34. The smallest absolute Gasteiger partial charge is 0.393 e. The number of Topliss-reactive ketones (excluding diaryl/α,β-unsaturated/α-hetero) is 1. The molecule has 192 valence electrons. The molecular formula is C24H27F3N6O3. The highest BCUT2D eigenvalue weighted by molar-refractivity contribution is 6.10. The fraction of sp³-hybridized carbons (Fsp3) is 0.458. The molecule has 5 N–H and O–H groups in total. The first-order valence-corrected chi connectivity index (χ1v) is 11.7. The van der Waals surface area contributed by atoms with E-state index in [9.17, 15) is 23.1 Å². The van der Waals surface area contributed by atoms with Crippen molar-refractivity contribution in [2.45, 2.75) is 37.7 Å². The molecule has 9 nitrogen and oxygen atoms in total. The number of β-amino-alcohol motifs (C(OH)–C–C–N with tert-alkyl or cyclic N) is 1. The Morgan fingerprint density at radius 3 is 2.72 bits per heavy atom. The monoisotopic (exact) mass is 504 g/mol. The fourth-order valence-corrected chi connectivity index (χ4v) is 5.02. The minimum atomic E-state index is -4.36. The Labute approximate surface area is 204 Å². The quantitative estimate of drug-likeness (QED) is 0.432. The summed E-state index contributed by atoms with van der Waals surface area (Å²) >= 11 is 0. The Hall–Kier alpha value is -3.22. The molecule has 0 bridgehead atoms. The van der Waals surface area contributed by atoms with Gasteiger partial charge in [-0.15, -0.1) is 0 Å². The minimum absolute atomic E-state index is 0.0680. The molecule has 0 aliphatic carbocycles. The average molecular weight is 505 g/mol. The van der Waals surface area contributed by atoms with Crippen molar-refractivity contribution >= 4 is 28.5 Å². The highest BCUT2D eigenvalue weighted by atomic mass is 19.4. The van der Waals surface area contributed by atoms with Crippen LogP contribution in [0.4, 0.5) is 24.7 Å². The van der Waals surface area contributed by atoms with Crippen LogP contribution in [0.15, 0.2) is 35.1 Å². The average Bonchev–Trinajstić information content (AvgIpc) is 3.12. The number of piperidine rings is 1. The molecule has 0 amide bonds. The lowest BCUT2D eigenvalue weighted by Crippen LogP contribution is -2.51. The number of rotatable bonds is 6. The van der Waals surface area contributed by atoms with Gasteiger partial charge < -0.3 is 25.9 Å². The van der Waals surface area contributed by atoms with Crippen LogP contribution in [0.5, 0.6) is 0 Å². The van der Waals surface area contributed by atoms with E-state index in [1.807, 2.05) is 4.90 Å². The van der Waals surface area contributed by atoms with Crippen LogP contribution in [0.25, 0.3) is 11.1 Å². The number of halogens is 3. The molecule has 5 rings (SSSR count). The van der Waals surface area contributed by atoms with E-state index in [1.54, 1.807) is 23.2 Å². The van der Waals surface area contributed by atoms with Crippen molar-refractivity contribution in [3.63, 3.8) is 0 Å². The second-order valence-corrected chi connectivity index (χ2v) is 9.62. The Balaban J connectivity index is 1.38. The molecule has 0 unspecified atom stereocenters. The number of nitrogen functional groups attached to an aromatic ring is 1. The summed E-state index contributed by atoms with van der Waals surface area (Å²) in [5.74, 6) is -1.99. The third-order valence-electron chi connectivity index (χ3n) is 6.75. The fourth-order valence-electron chi connectivity index (χ4n) is 5.02. The van der Waals surface area contributed by atoms with Gasteiger partial charge in [0.1, 0.15) is 11.1 Å². The molecule has 5 heterocycles. The number of hydrogen-bond acceptors (Lipinski definition) is 9. The Morgan fingerprint density at radius 2 is 2.00 bits per heavy atom. The molecule has 2 aliphatic rings. The third kappa shape index (κ3) is 4.88. The first-order valence-electron chi connectivity index (χ1n) is 11.7. The predicted octanol–water partition coefficient (Wildman–Crippen LogP) is 2.12. The van der Waals surface area contributed by atoms with Crippen molar-refractivity contribution in [1.82, 2.24) is 14.9 Å². The maximum Gasteiger partial charge on any atom is 0.393 e. The SMILES string of the molecule is Nc1oc2cc(CN3CC(O)C3)cnc2c1C(=O)Cc1cnccc1N1C[C@@H](N)C[C@@H](C(F)(F)F)C1. The van der Waals surface area contributed by atoms with Crippen LogP contribution in [-0.2, 0) is 13.0 Å². The number of nitrogens with zero attached hydrogens (tertiary/aromatic N) is 4. The van der Waals surface area contributed by atoms with Gasteiger partial charge in [0.05, 0.1) is 12.0 Å². The number of fused-ring (bicyclic) bond motifs is 1. The molecule has 2 saturated heterocycles. The lowest BCUT2D eigenvalue weighted by atomic mass is 9.93. The molecule has 3 aromatic heterocycles. The number of carbonyl (C=O) groups excluding carboxylic acids is 1. The van der Waals surface area contributed by atoms with Gasteiger partial charge in [0.2, 0.25) is 5.88 Å². The molecule has 2 atom stereocenters. The largest absolute Gasteiger partial charge is 0.438 e.